The number of carbonyl (C=O) groups excluding carboxylic acids is 1. The zero-order valence-electron chi connectivity index (χ0n) is 11.7. The van der Waals surface area contributed by atoms with Crippen LogP contribution in [0.4, 0.5) is 5.69 Å². The molecule has 2 heterocycles. The van der Waals surface area contributed by atoms with Gasteiger partial charge < -0.3 is 16.0 Å². The molecule has 0 fully saturated rings. The topological polar surface area (TPSA) is 88.7 Å². The van der Waals surface area contributed by atoms with Crippen molar-refractivity contribution in [2.24, 2.45) is 0 Å². The van der Waals surface area contributed by atoms with Crippen LogP contribution < -0.4 is 11.1 Å². The van der Waals surface area contributed by atoms with Gasteiger partial charge in [0.15, 0.2) is 0 Å². The van der Waals surface area contributed by atoms with Crippen LogP contribution in [0.15, 0.2) is 42.9 Å². The SMILES string of the molecule is CC(Cn1cccn1)NC(=O)c1c[nH]c2ccc(N)cc12. The highest BCUT2D eigenvalue weighted by Crippen LogP contribution is 2.20. The van der Waals surface area contributed by atoms with Crippen LogP contribution in [0, 0.1) is 0 Å². The molecule has 0 saturated carbocycles. The predicted octanol–water partition coefficient (Wildman–Crippen LogP) is 1.77. The average Bonchev–Trinajstić information content (AvgIpc) is 3.07. The summed E-state index contributed by atoms with van der Waals surface area (Å²) >= 11 is 0. The molecule has 21 heavy (non-hydrogen) atoms. The molecule has 1 unspecified atom stereocenters. The number of fused-ring (bicyclic) bond motifs is 1. The van der Waals surface area contributed by atoms with E-state index in [9.17, 15) is 4.79 Å². The first-order chi connectivity index (χ1) is 10.1. The summed E-state index contributed by atoms with van der Waals surface area (Å²) in [5, 5.41) is 7.93. The highest BCUT2D eigenvalue weighted by atomic mass is 16.1. The smallest absolute Gasteiger partial charge is 0.253 e. The standard InChI is InChI=1S/C15H17N5O/c1-10(9-20-6-2-5-18-20)19-15(21)13-8-17-14-4-3-11(16)7-12(13)14/h2-8,10,17H,9,16H2,1H3,(H,19,21). The van der Waals surface area contributed by atoms with Crippen LogP contribution >= 0.6 is 0 Å². The monoisotopic (exact) mass is 283 g/mol. The Labute approximate surface area is 121 Å². The second-order valence-corrected chi connectivity index (χ2v) is 5.11. The minimum atomic E-state index is -0.119. The Kier molecular flexibility index (Phi) is 3.35. The van der Waals surface area contributed by atoms with Gasteiger partial charge in [0.25, 0.3) is 5.91 Å². The first-order valence-corrected chi connectivity index (χ1v) is 6.78. The maximum Gasteiger partial charge on any atom is 0.253 e. The summed E-state index contributed by atoms with van der Waals surface area (Å²) in [6.45, 7) is 2.58. The summed E-state index contributed by atoms with van der Waals surface area (Å²) in [4.78, 5) is 15.4. The number of benzene rings is 1. The molecule has 2 aromatic heterocycles. The number of hydrogen-bond acceptors (Lipinski definition) is 3. The van der Waals surface area contributed by atoms with Crippen molar-refractivity contribution in [2.45, 2.75) is 19.5 Å². The number of H-pyrrole nitrogens is 1. The van der Waals surface area contributed by atoms with Crippen LogP contribution in [0.25, 0.3) is 10.9 Å². The number of amides is 1. The Morgan fingerprint density at radius 3 is 3.14 bits per heavy atom. The second kappa shape index (κ2) is 5.32. The van der Waals surface area contributed by atoms with E-state index in [0.717, 1.165) is 10.9 Å². The first kappa shape index (κ1) is 13.2. The molecule has 6 heteroatoms. The van der Waals surface area contributed by atoms with E-state index < -0.39 is 0 Å². The van der Waals surface area contributed by atoms with Crippen molar-refractivity contribution in [2.75, 3.05) is 5.73 Å². The van der Waals surface area contributed by atoms with Crippen LogP contribution in [-0.4, -0.2) is 26.7 Å². The van der Waals surface area contributed by atoms with Gasteiger partial charge in [-0.3, -0.25) is 9.48 Å². The van der Waals surface area contributed by atoms with Crippen molar-refractivity contribution in [1.82, 2.24) is 20.1 Å². The Bertz CT molecular complexity index is 760. The summed E-state index contributed by atoms with van der Waals surface area (Å²) in [6.07, 6.45) is 5.30. The molecular weight excluding hydrogens is 266 g/mol. The molecule has 0 spiro atoms. The lowest BCUT2D eigenvalue weighted by molar-refractivity contribution is 0.0937. The molecule has 108 valence electrons. The third-order valence-electron chi connectivity index (χ3n) is 3.35. The Morgan fingerprint density at radius 1 is 1.52 bits per heavy atom. The number of carbonyl (C=O) groups is 1. The lowest BCUT2D eigenvalue weighted by Gasteiger charge is -2.13. The molecule has 0 saturated heterocycles. The lowest BCUT2D eigenvalue weighted by Crippen LogP contribution is -2.35. The Balaban J connectivity index is 1.76. The zero-order chi connectivity index (χ0) is 14.8. The maximum atomic E-state index is 12.4. The number of anilines is 1. The molecule has 0 bridgehead atoms. The fraction of sp³-hybridized carbons (Fsp3) is 0.200. The maximum absolute atomic E-state index is 12.4. The quantitative estimate of drug-likeness (QED) is 0.637. The summed E-state index contributed by atoms with van der Waals surface area (Å²) in [5.41, 5.74) is 7.92. The number of nitrogens with zero attached hydrogens (tertiary/aromatic N) is 2. The van der Waals surface area contributed by atoms with Gasteiger partial charge in [0.2, 0.25) is 0 Å². The van der Waals surface area contributed by atoms with E-state index in [4.69, 9.17) is 5.73 Å². The van der Waals surface area contributed by atoms with E-state index in [0.29, 0.717) is 17.8 Å². The third kappa shape index (κ3) is 2.74. The normalized spacial score (nSPS) is 12.4. The third-order valence-corrected chi connectivity index (χ3v) is 3.35. The van der Waals surface area contributed by atoms with Gasteiger partial charge in [0.05, 0.1) is 12.1 Å². The van der Waals surface area contributed by atoms with Gasteiger partial charge in [-0.2, -0.15) is 5.10 Å². The van der Waals surface area contributed by atoms with Gasteiger partial charge >= 0.3 is 0 Å². The van der Waals surface area contributed by atoms with E-state index in [1.807, 2.05) is 25.3 Å². The molecule has 0 aliphatic heterocycles. The van der Waals surface area contributed by atoms with Gasteiger partial charge in [-0.05, 0) is 31.2 Å². The zero-order valence-corrected chi connectivity index (χ0v) is 11.7. The second-order valence-electron chi connectivity index (χ2n) is 5.11. The number of rotatable bonds is 4. The van der Waals surface area contributed by atoms with Crippen molar-refractivity contribution in [3.63, 3.8) is 0 Å². The molecule has 0 radical (unpaired) electrons. The number of aromatic nitrogens is 3. The molecule has 0 aliphatic carbocycles. The Morgan fingerprint density at radius 2 is 2.38 bits per heavy atom. The summed E-state index contributed by atoms with van der Waals surface area (Å²) in [6, 6.07) is 7.31. The largest absolute Gasteiger partial charge is 0.399 e. The van der Waals surface area contributed by atoms with Crippen molar-refractivity contribution >= 4 is 22.5 Å². The van der Waals surface area contributed by atoms with Crippen molar-refractivity contribution < 1.29 is 4.79 Å². The molecule has 4 N–H and O–H groups in total. The molecule has 1 amide bonds. The summed E-state index contributed by atoms with van der Waals surface area (Å²) in [5.74, 6) is -0.119. The molecule has 1 atom stereocenters. The number of hydrogen-bond donors (Lipinski definition) is 3. The number of aromatic amines is 1. The molecule has 0 aliphatic rings. The van der Waals surface area contributed by atoms with E-state index in [1.165, 1.54) is 0 Å². The highest BCUT2D eigenvalue weighted by molar-refractivity contribution is 6.07. The van der Waals surface area contributed by atoms with E-state index in [-0.39, 0.29) is 11.9 Å². The molecule has 3 rings (SSSR count). The first-order valence-electron chi connectivity index (χ1n) is 6.78. The van der Waals surface area contributed by atoms with Crippen LogP contribution in [0.1, 0.15) is 17.3 Å². The van der Waals surface area contributed by atoms with Crippen LogP contribution in [0.5, 0.6) is 0 Å². The highest BCUT2D eigenvalue weighted by Gasteiger charge is 2.14. The van der Waals surface area contributed by atoms with Crippen molar-refractivity contribution in [3.8, 4) is 0 Å². The van der Waals surface area contributed by atoms with Gasteiger partial charge in [-0.1, -0.05) is 0 Å². The molecular formula is C15H17N5O. The van der Waals surface area contributed by atoms with E-state index in [1.54, 1.807) is 29.2 Å². The van der Waals surface area contributed by atoms with Gasteiger partial charge in [-0.25, -0.2) is 0 Å². The van der Waals surface area contributed by atoms with Gasteiger partial charge in [-0.15, -0.1) is 0 Å². The van der Waals surface area contributed by atoms with Crippen LogP contribution in [0.2, 0.25) is 0 Å². The minimum absolute atomic E-state index is 0.0246. The molecule has 3 aromatic rings. The number of nitrogens with two attached hydrogens (primary N) is 1. The Hall–Kier alpha value is -2.76. The van der Waals surface area contributed by atoms with Crippen LogP contribution in [0.3, 0.4) is 0 Å². The molecule has 1 aromatic carbocycles. The summed E-state index contributed by atoms with van der Waals surface area (Å²) < 4.78 is 1.79. The summed E-state index contributed by atoms with van der Waals surface area (Å²) in [7, 11) is 0. The number of nitrogens with one attached hydrogen (secondary N) is 2. The fourth-order valence-corrected chi connectivity index (χ4v) is 2.36. The average molecular weight is 283 g/mol. The molecule has 6 nitrogen and oxygen atoms in total. The van der Waals surface area contributed by atoms with Crippen molar-refractivity contribution in [1.29, 1.82) is 0 Å². The number of nitrogen functional groups attached to an aromatic ring is 1. The van der Waals surface area contributed by atoms with Crippen LogP contribution in [-0.2, 0) is 6.54 Å². The minimum Gasteiger partial charge on any atom is -0.399 e. The van der Waals surface area contributed by atoms with Gasteiger partial charge in [0, 0.05) is 41.2 Å². The van der Waals surface area contributed by atoms with Crippen molar-refractivity contribution in [3.05, 3.63) is 48.4 Å². The lowest BCUT2D eigenvalue weighted by atomic mass is 10.1. The van der Waals surface area contributed by atoms with E-state index in [2.05, 4.69) is 15.4 Å². The van der Waals surface area contributed by atoms with Gasteiger partial charge in [0.1, 0.15) is 0 Å². The predicted molar refractivity (Wildman–Crippen MR) is 81.9 cm³/mol. The van der Waals surface area contributed by atoms with E-state index >= 15 is 0 Å². The fourth-order valence-electron chi connectivity index (χ4n) is 2.36.